The molecule has 0 spiro atoms. The molecule has 0 bridgehead atoms. The van der Waals surface area contributed by atoms with Crippen LogP contribution in [0.5, 0.6) is 0 Å². The molecule has 0 aromatic heterocycles. The Bertz CT molecular complexity index is 2000. The highest BCUT2D eigenvalue weighted by atomic mass is 31.1. The van der Waals surface area contributed by atoms with E-state index >= 15 is 0 Å². The number of benzene rings is 6. The molecular formula is C44H36O4P2. The average molecular weight is 691 g/mol. The molecule has 6 aromatic rings. The van der Waals surface area contributed by atoms with Crippen molar-refractivity contribution in [2.45, 2.75) is 27.7 Å². The minimum atomic E-state index is -1.41. The summed E-state index contributed by atoms with van der Waals surface area (Å²) in [4.78, 5) is 52.5. The first-order valence-corrected chi connectivity index (χ1v) is 19.1. The van der Waals surface area contributed by atoms with Crippen LogP contribution in [0.1, 0.15) is 69.1 Å². The van der Waals surface area contributed by atoms with Crippen molar-refractivity contribution in [1.82, 2.24) is 0 Å². The third kappa shape index (κ3) is 6.83. The normalized spacial score (nSPS) is 11.1. The van der Waals surface area contributed by atoms with Gasteiger partial charge in [0.15, 0.2) is 23.1 Å². The van der Waals surface area contributed by atoms with Crippen LogP contribution < -0.4 is 31.8 Å². The lowest BCUT2D eigenvalue weighted by Gasteiger charge is -2.28. The first kappa shape index (κ1) is 34.7. The van der Waals surface area contributed by atoms with Gasteiger partial charge in [0.25, 0.3) is 0 Å². The molecule has 0 radical (unpaired) electrons. The van der Waals surface area contributed by atoms with Crippen LogP contribution in [0, 0.1) is 0 Å². The van der Waals surface area contributed by atoms with Crippen LogP contribution >= 0.6 is 15.8 Å². The number of Topliss-reactive ketones (excluding diaryl/α,β-unsaturated/α-hetero) is 4. The van der Waals surface area contributed by atoms with Gasteiger partial charge in [-0.15, -0.1) is 0 Å². The van der Waals surface area contributed by atoms with Gasteiger partial charge >= 0.3 is 0 Å². The molecule has 6 heteroatoms. The van der Waals surface area contributed by atoms with Gasteiger partial charge in [-0.2, -0.15) is 0 Å². The van der Waals surface area contributed by atoms with E-state index < -0.39 is 15.8 Å². The van der Waals surface area contributed by atoms with E-state index in [9.17, 15) is 19.2 Å². The van der Waals surface area contributed by atoms with Crippen LogP contribution in [0.2, 0.25) is 0 Å². The van der Waals surface area contributed by atoms with Crippen LogP contribution in [0.3, 0.4) is 0 Å². The van der Waals surface area contributed by atoms with Gasteiger partial charge in [-0.3, -0.25) is 19.2 Å². The number of ketones is 4. The Kier molecular flexibility index (Phi) is 10.5. The van der Waals surface area contributed by atoms with Crippen molar-refractivity contribution < 1.29 is 19.2 Å². The zero-order valence-corrected chi connectivity index (χ0v) is 30.2. The van der Waals surface area contributed by atoms with Gasteiger partial charge in [-0.1, -0.05) is 146 Å². The molecule has 0 heterocycles. The summed E-state index contributed by atoms with van der Waals surface area (Å²) in [7, 11) is -2.83. The second kappa shape index (κ2) is 15.2. The number of rotatable bonds is 11. The summed E-state index contributed by atoms with van der Waals surface area (Å²) in [6.45, 7) is 6.32. The fraction of sp³-hybridized carbons (Fsp3) is 0.0909. The second-order valence-electron chi connectivity index (χ2n) is 12.0. The van der Waals surface area contributed by atoms with Crippen molar-refractivity contribution in [2.24, 2.45) is 0 Å². The van der Waals surface area contributed by atoms with Gasteiger partial charge in [0.05, 0.1) is 0 Å². The van der Waals surface area contributed by atoms with Crippen LogP contribution in [0.25, 0.3) is 11.1 Å². The third-order valence-electron chi connectivity index (χ3n) is 8.68. The van der Waals surface area contributed by atoms with Crippen LogP contribution in [-0.4, -0.2) is 23.1 Å². The van der Waals surface area contributed by atoms with Gasteiger partial charge in [0.2, 0.25) is 0 Å². The standard InChI is InChI=1S/C44H36O4P2/c1-29(45)33-17-5-11-23-39(33)49(40-24-12-6-18-34(40)30(2)46)43-27-15-9-21-37(43)38-22-10-16-28-44(38)50(41-25-13-7-19-35(41)31(3)47)42-26-14-8-20-36(42)32(4)48/h5-28H,1-4H3. The topological polar surface area (TPSA) is 68.3 Å². The summed E-state index contributed by atoms with van der Waals surface area (Å²) in [6, 6.07) is 47.1. The lowest BCUT2D eigenvalue weighted by Crippen LogP contribution is -2.30. The molecule has 6 rings (SSSR count). The number of hydrogen-bond donors (Lipinski definition) is 0. The van der Waals surface area contributed by atoms with Crippen molar-refractivity contribution >= 4 is 70.8 Å². The van der Waals surface area contributed by atoms with E-state index in [0.29, 0.717) is 22.3 Å². The molecule has 4 nitrogen and oxygen atoms in total. The maximum atomic E-state index is 13.1. The SMILES string of the molecule is CC(=O)c1ccccc1P(c1ccccc1C(C)=O)c1ccccc1-c1ccccc1P(c1ccccc1C(C)=O)c1ccccc1C(C)=O. The summed E-state index contributed by atoms with van der Waals surface area (Å²) in [6.07, 6.45) is 0. The molecule has 0 aliphatic carbocycles. The largest absolute Gasteiger partial charge is 0.294 e. The molecule has 246 valence electrons. The van der Waals surface area contributed by atoms with Gasteiger partial charge in [-0.05, 0) is 86.5 Å². The zero-order chi connectivity index (χ0) is 35.4. The van der Waals surface area contributed by atoms with Crippen LogP contribution in [-0.2, 0) is 0 Å². The first-order chi connectivity index (χ1) is 24.2. The number of carbonyl (C=O) groups excluding carboxylic acids is 4. The first-order valence-electron chi connectivity index (χ1n) is 16.4. The molecule has 6 aromatic carbocycles. The Hall–Kier alpha value is -5.14. The molecule has 0 atom stereocenters. The molecular weight excluding hydrogens is 654 g/mol. The van der Waals surface area contributed by atoms with Gasteiger partial charge in [0, 0.05) is 22.3 Å². The van der Waals surface area contributed by atoms with E-state index in [2.05, 4.69) is 24.3 Å². The fourth-order valence-corrected chi connectivity index (χ4v) is 12.2. The second-order valence-corrected chi connectivity index (χ2v) is 16.2. The van der Waals surface area contributed by atoms with Gasteiger partial charge < -0.3 is 0 Å². The predicted molar refractivity (Wildman–Crippen MR) is 209 cm³/mol. The molecule has 0 saturated carbocycles. The van der Waals surface area contributed by atoms with E-state index in [1.165, 1.54) is 0 Å². The van der Waals surface area contributed by atoms with Crippen molar-refractivity contribution in [3.8, 4) is 11.1 Å². The third-order valence-corrected chi connectivity index (χ3v) is 13.9. The smallest absolute Gasteiger partial charge is 0.160 e. The Balaban J connectivity index is 1.70. The van der Waals surface area contributed by atoms with Crippen LogP contribution in [0.4, 0.5) is 0 Å². The monoisotopic (exact) mass is 690 g/mol. The summed E-state index contributed by atoms with van der Waals surface area (Å²) in [5.41, 5.74) is 4.39. The maximum absolute atomic E-state index is 13.1. The van der Waals surface area contributed by atoms with Crippen molar-refractivity contribution in [1.29, 1.82) is 0 Å². The van der Waals surface area contributed by atoms with Gasteiger partial charge in [-0.25, -0.2) is 0 Å². The molecule has 50 heavy (non-hydrogen) atoms. The summed E-state index contributed by atoms with van der Waals surface area (Å²) < 4.78 is 0. The minimum Gasteiger partial charge on any atom is -0.294 e. The summed E-state index contributed by atoms with van der Waals surface area (Å²) >= 11 is 0. The molecule has 0 saturated heterocycles. The van der Waals surface area contributed by atoms with E-state index in [1.54, 1.807) is 27.7 Å². The maximum Gasteiger partial charge on any atom is 0.160 e. The molecule has 0 aliphatic rings. The van der Waals surface area contributed by atoms with Crippen LogP contribution in [0.15, 0.2) is 146 Å². The highest BCUT2D eigenvalue weighted by Gasteiger charge is 2.30. The summed E-state index contributed by atoms with van der Waals surface area (Å²) in [5.74, 6) is -0.180. The molecule has 0 aliphatic heterocycles. The summed E-state index contributed by atoms with van der Waals surface area (Å²) in [5, 5.41) is 5.48. The highest BCUT2D eigenvalue weighted by molar-refractivity contribution is 7.81. The fourth-order valence-electron chi connectivity index (χ4n) is 6.44. The van der Waals surface area contributed by atoms with Crippen molar-refractivity contribution in [2.75, 3.05) is 0 Å². The van der Waals surface area contributed by atoms with E-state index in [4.69, 9.17) is 0 Å². The molecule has 0 fully saturated rings. The average Bonchev–Trinajstić information content (AvgIpc) is 3.13. The molecule has 0 unspecified atom stereocenters. The van der Waals surface area contributed by atoms with Gasteiger partial charge in [0.1, 0.15) is 0 Å². The Labute approximate surface area is 295 Å². The van der Waals surface area contributed by atoms with E-state index in [0.717, 1.165) is 43.0 Å². The predicted octanol–water partition coefficient (Wildman–Crippen LogP) is 7.68. The number of hydrogen-bond acceptors (Lipinski definition) is 4. The van der Waals surface area contributed by atoms with E-state index in [1.807, 2.05) is 121 Å². The highest BCUT2D eigenvalue weighted by Crippen LogP contribution is 2.43. The Morgan fingerprint density at radius 2 is 0.500 bits per heavy atom. The molecule has 0 amide bonds. The van der Waals surface area contributed by atoms with Crippen molar-refractivity contribution in [3.05, 3.63) is 168 Å². The van der Waals surface area contributed by atoms with E-state index in [-0.39, 0.29) is 23.1 Å². The number of carbonyl (C=O) groups is 4. The Morgan fingerprint density at radius 1 is 0.300 bits per heavy atom. The minimum absolute atomic E-state index is 0.0449. The van der Waals surface area contributed by atoms with Crippen molar-refractivity contribution in [3.63, 3.8) is 0 Å². The quantitative estimate of drug-likeness (QED) is 0.103. The molecule has 0 N–H and O–H groups in total. The lowest BCUT2D eigenvalue weighted by atomic mass is 10.1. The zero-order valence-electron chi connectivity index (χ0n) is 28.4. The lowest BCUT2D eigenvalue weighted by molar-refractivity contribution is 0.101. The Morgan fingerprint density at radius 3 is 0.740 bits per heavy atom.